The van der Waals surface area contributed by atoms with Crippen LogP contribution in [0.25, 0.3) is 0 Å². The summed E-state index contributed by atoms with van der Waals surface area (Å²) >= 11 is 1.10. The summed E-state index contributed by atoms with van der Waals surface area (Å²) < 4.78 is 25.0. The number of carboxylic acid groups (broad SMARTS) is 2. The van der Waals surface area contributed by atoms with Gasteiger partial charge in [-0.15, -0.1) is 4.37 Å². The van der Waals surface area contributed by atoms with E-state index >= 15 is 0 Å². The molecule has 1 aliphatic heterocycles. The Morgan fingerprint density at radius 1 is 1.21 bits per heavy atom. The Morgan fingerprint density at radius 2 is 1.82 bits per heavy atom. The van der Waals surface area contributed by atoms with Gasteiger partial charge in [0, 0.05) is 43.4 Å². The van der Waals surface area contributed by atoms with Crippen molar-refractivity contribution in [2.45, 2.75) is 32.4 Å². The summed E-state index contributed by atoms with van der Waals surface area (Å²) in [5.74, 6) is -1.82. The highest BCUT2D eigenvalue weighted by molar-refractivity contribution is 6.99. The van der Waals surface area contributed by atoms with Crippen LogP contribution in [0, 0.1) is 0 Å². The van der Waals surface area contributed by atoms with Crippen molar-refractivity contribution in [1.82, 2.24) is 14.1 Å². The van der Waals surface area contributed by atoms with Crippen molar-refractivity contribution < 1.29 is 38.8 Å². The fourth-order valence-corrected chi connectivity index (χ4v) is 2.84. The van der Waals surface area contributed by atoms with Crippen LogP contribution in [0.2, 0.25) is 0 Å². The zero-order valence-electron chi connectivity index (χ0n) is 18.9. The first-order chi connectivity index (χ1) is 15.5. The van der Waals surface area contributed by atoms with Crippen LogP contribution in [0.3, 0.4) is 0 Å². The van der Waals surface area contributed by atoms with Crippen LogP contribution >= 0.6 is 11.7 Å². The Morgan fingerprint density at radius 3 is 2.33 bits per heavy atom. The number of aromatic nitrogens is 2. The smallest absolute Gasteiger partial charge is 0.330 e. The lowest BCUT2D eigenvalue weighted by atomic mass is 10.1. The third kappa shape index (κ3) is 12.6. The molecule has 3 N–H and O–H groups in total. The van der Waals surface area contributed by atoms with Crippen LogP contribution in [-0.4, -0.2) is 88.0 Å². The third-order valence-electron chi connectivity index (χ3n) is 3.84. The number of esters is 1. The van der Waals surface area contributed by atoms with Crippen LogP contribution < -0.4 is 15.0 Å². The van der Waals surface area contributed by atoms with Crippen LogP contribution in [0.15, 0.2) is 24.8 Å². The summed E-state index contributed by atoms with van der Waals surface area (Å²) in [6.45, 7) is 13.0. The van der Waals surface area contributed by atoms with Crippen LogP contribution in [0.4, 0.5) is 5.82 Å². The number of morpholine rings is 1. The Labute approximate surface area is 196 Å². The largest absolute Gasteiger partial charge is 0.478 e. The molecular weight excluding hydrogens is 456 g/mol. The lowest BCUT2D eigenvalue weighted by molar-refractivity contribution is -0.144. The number of ether oxygens (including phenoxy) is 3. The molecule has 0 bridgehead atoms. The summed E-state index contributed by atoms with van der Waals surface area (Å²) in [6.07, 6.45) is 1.81. The van der Waals surface area contributed by atoms with E-state index in [9.17, 15) is 14.4 Å². The second kappa shape index (κ2) is 14.2. The maximum absolute atomic E-state index is 11.6. The molecule has 0 aromatic carbocycles. The number of carbonyl (C=O) groups excluding carboxylic acids is 1. The van der Waals surface area contributed by atoms with E-state index in [0.29, 0.717) is 43.6 Å². The molecule has 2 rings (SSSR count). The molecule has 1 atom stereocenters. The molecule has 2 heterocycles. The molecule has 1 aromatic heterocycles. The SMILES string of the molecule is C=CC(=O)O[C@@H](CNC(C)(C)C)COc1nsnc1N1CCOCC1.O=C(O)/C=C\C(=O)O. The molecule has 0 aliphatic carbocycles. The Kier molecular flexibility index (Phi) is 12.0. The van der Waals surface area contributed by atoms with E-state index in [1.165, 1.54) is 0 Å². The molecule has 184 valence electrons. The highest BCUT2D eigenvalue weighted by atomic mass is 32.1. The predicted octanol–water partition coefficient (Wildman–Crippen LogP) is 0.951. The molecule has 1 saturated heterocycles. The summed E-state index contributed by atoms with van der Waals surface area (Å²) in [6, 6.07) is 0. The summed E-state index contributed by atoms with van der Waals surface area (Å²) in [5.41, 5.74) is -0.0972. The minimum absolute atomic E-state index is 0.0972. The Hall–Kier alpha value is -3.03. The zero-order chi connectivity index (χ0) is 24.9. The van der Waals surface area contributed by atoms with Gasteiger partial charge in [0.1, 0.15) is 12.7 Å². The molecule has 0 spiro atoms. The van der Waals surface area contributed by atoms with E-state index in [-0.39, 0.29) is 12.1 Å². The monoisotopic (exact) mass is 486 g/mol. The van der Waals surface area contributed by atoms with Crippen molar-refractivity contribution in [3.05, 3.63) is 24.8 Å². The maximum atomic E-state index is 11.6. The van der Waals surface area contributed by atoms with E-state index < -0.39 is 24.0 Å². The van der Waals surface area contributed by atoms with Gasteiger partial charge in [0.05, 0.1) is 24.9 Å². The van der Waals surface area contributed by atoms with Gasteiger partial charge in [0.25, 0.3) is 5.88 Å². The molecule has 12 nitrogen and oxygen atoms in total. The van der Waals surface area contributed by atoms with E-state index in [0.717, 1.165) is 30.9 Å². The number of carboxylic acids is 2. The van der Waals surface area contributed by atoms with Gasteiger partial charge in [-0.3, -0.25) is 0 Å². The number of nitrogens with zero attached hydrogens (tertiary/aromatic N) is 3. The fraction of sp³-hybridized carbons (Fsp3) is 0.550. The average Bonchev–Trinajstić information content (AvgIpc) is 3.23. The molecular formula is C20H30N4O8S. The molecule has 1 fully saturated rings. The highest BCUT2D eigenvalue weighted by Gasteiger charge is 2.23. The first-order valence-corrected chi connectivity index (χ1v) is 10.7. The van der Waals surface area contributed by atoms with E-state index in [2.05, 4.69) is 25.5 Å². The predicted molar refractivity (Wildman–Crippen MR) is 121 cm³/mol. The zero-order valence-corrected chi connectivity index (χ0v) is 19.7. The van der Waals surface area contributed by atoms with Crippen LogP contribution in [0.5, 0.6) is 5.88 Å². The number of aliphatic carboxylic acids is 2. The first kappa shape index (κ1) is 28.0. The average molecular weight is 487 g/mol. The number of carbonyl (C=O) groups is 3. The highest BCUT2D eigenvalue weighted by Crippen LogP contribution is 2.26. The lowest BCUT2D eigenvalue weighted by Crippen LogP contribution is -2.44. The van der Waals surface area contributed by atoms with Crippen molar-refractivity contribution in [1.29, 1.82) is 0 Å². The van der Waals surface area contributed by atoms with Gasteiger partial charge in [-0.25, -0.2) is 14.4 Å². The first-order valence-electron chi connectivity index (χ1n) is 10.0. The van der Waals surface area contributed by atoms with Gasteiger partial charge in [-0.05, 0) is 20.8 Å². The van der Waals surface area contributed by atoms with Crippen molar-refractivity contribution >= 4 is 35.5 Å². The molecule has 33 heavy (non-hydrogen) atoms. The normalized spacial score (nSPS) is 14.7. The number of hydrogen-bond donors (Lipinski definition) is 3. The molecule has 0 radical (unpaired) electrons. The fourth-order valence-electron chi connectivity index (χ4n) is 2.32. The van der Waals surface area contributed by atoms with E-state index in [1.54, 1.807) is 0 Å². The number of nitrogens with one attached hydrogen (secondary N) is 1. The van der Waals surface area contributed by atoms with Crippen molar-refractivity contribution in [3.8, 4) is 5.88 Å². The maximum Gasteiger partial charge on any atom is 0.330 e. The summed E-state index contributed by atoms with van der Waals surface area (Å²) in [5, 5.41) is 18.9. The van der Waals surface area contributed by atoms with Gasteiger partial charge in [-0.1, -0.05) is 6.58 Å². The van der Waals surface area contributed by atoms with E-state index in [4.69, 9.17) is 24.4 Å². The topological polar surface area (TPSA) is 160 Å². The summed E-state index contributed by atoms with van der Waals surface area (Å²) in [4.78, 5) is 32.7. The van der Waals surface area contributed by atoms with Gasteiger partial charge in [0.15, 0.2) is 0 Å². The lowest BCUT2D eigenvalue weighted by Gasteiger charge is -2.27. The molecule has 1 aromatic rings. The molecule has 0 saturated carbocycles. The minimum Gasteiger partial charge on any atom is -0.478 e. The molecule has 0 amide bonds. The molecule has 0 unspecified atom stereocenters. The molecule has 13 heteroatoms. The van der Waals surface area contributed by atoms with Gasteiger partial charge >= 0.3 is 17.9 Å². The van der Waals surface area contributed by atoms with Gasteiger partial charge in [-0.2, -0.15) is 4.37 Å². The van der Waals surface area contributed by atoms with E-state index in [1.807, 2.05) is 20.8 Å². The molecule has 1 aliphatic rings. The quantitative estimate of drug-likeness (QED) is 0.318. The second-order valence-electron chi connectivity index (χ2n) is 7.71. The minimum atomic E-state index is -1.26. The number of hydrogen-bond acceptors (Lipinski definition) is 11. The number of anilines is 1. The van der Waals surface area contributed by atoms with Crippen molar-refractivity contribution in [3.63, 3.8) is 0 Å². The van der Waals surface area contributed by atoms with Crippen molar-refractivity contribution in [2.24, 2.45) is 0 Å². The number of rotatable bonds is 10. The summed E-state index contributed by atoms with van der Waals surface area (Å²) in [7, 11) is 0. The van der Waals surface area contributed by atoms with Crippen LogP contribution in [-0.2, 0) is 23.9 Å². The Bertz CT molecular complexity index is 799. The standard InChI is InChI=1S/C16H26N4O4S.C4H4O4/c1-5-13(21)24-12(10-17-16(2,3)4)11-23-15-14(18-25-19-15)20-6-8-22-9-7-20;5-3(6)1-2-4(7)8/h5,12,17H,1,6-11H2,2-4H3;1-2H,(H,5,6)(H,7,8)/b;2-1-/t12-;/m0./s1. The van der Waals surface area contributed by atoms with Gasteiger partial charge in [0.2, 0.25) is 5.82 Å². The third-order valence-corrected chi connectivity index (χ3v) is 4.34. The Balaban J connectivity index is 0.000000582. The van der Waals surface area contributed by atoms with Crippen molar-refractivity contribution in [2.75, 3.05) is 44.4 Å². The van der Waals surface area contributed by atoms with Crippen LogP contribution in [0.1, 0.15) is 20.8 Å². The van der Waals surface area contributed by atoms with Gasteiger partial charge < -0.3 is 34.6 Å². The second-order valence-corrected chi connectivity index (χ2v) is 8.24.